The highest BCUT2D eigenvalue weighted by atomic mass is 35.5. The quantitative estimate of drug-likeness (QED) is 0.549. The molecule has 1 fully saturated rings. The Balaban J connectivity index is 1.40. The Morgan fingerprint density at radius 1 is 1.00 bits per heavy atom. The number of nitrogens with zero attached hydrogens (tertiary/aromatic N) is 4. The van der Waals surface area contributed by atoms with Gasteiger partial charge in [0.05, 0.1) is 23.0 Å². The lowest BCUT2D eigenvalue weighted by atomic mass is 9.99. The van der Waals surface area contributed by atoms with Crippen LogP contribution in [0.3, 0.4) is 0 Å². The van der Waals surface area contributed by atoms with E-state index < -0.39 is 0 Å². The summed E-state index contributed by atoms with van der Waals surface area (Å²) in [6.45, 7) is 2.98. The summed E-state index contributed by atoms with van der Waals surface area (Å²) in [5, 5.41) is 8.20. The van der Waals surface area contributed by atoms with Crippen molar-refractivity contribution >= 4 is 29.1 Å². The normalized spacial score (nSPS) is 16.6. The van der Waals surface area contributed by atoms with E-state index in [9.17, 15) is 14.0 Å². The minimum absolute atomic E-state index is 0.188. The molecule has 162 valence electrons. The van der Waals surface area contributed by atoms with Gasteiger partial charge in [-0.25, -0.2) is 4.39 Å². The van der Waals surface area contributed by atoms with Crippen molar-refractivity contribution in [1.29, 1.82) is 0 Å². The van der Waals surface area contributed by atoms with Gasteiger partial charge >= 0.3 is 0 Å². The average Bonchev–Trinajstić information content (AvgIpc) is 3.03. The van der Waals surface area contributed by atoms with Crippen LogP contribution in [0, 0.1) is 12.7 Å². The Morgan fingerprint density at radius 3 is 2.28 bits per heavy atom. The number of aromatic nitrogens is 2. The smallest absolute Gasteiger partial charge is 0.261 e. The third-order valence-corrected chi connectivity index (χ3v) is 6.36. The molecule has 3 heterocycles. The molecule has 2 aromatic carbocycles. The van der Waals surface area contributed by atoms with E-state index in [4.69, 9.17) is 11.6 Å². The van der Waals surface area contributed by atoms with Crippen LogP contribution in [0.1, 0.15) is 39.1 Å². The number of aryl methyl sites for hydroxylation is 1. The van der Waals surface area contributed by atoms with E-state index in [0.717, 1.165) is 5.56 Å². The number of benzene rings is 2. The fraction of sp³-hybridized carbons (Fsp3) is 0.250. The van der Waals surface area contributed by atoms with Crippen LogP contribution in [-0.2, 0) is 0 Å². The van der Waals surface area contributed by atoms with E-state index in [1.54, 1.807) is 30.5 Å². The number of imide groups is 1. The summed E-state index contributed by atoms with van der Waals surface area (Å²) in [4.78, 5) is 29.1. The van der Waals surface area contributed by atoms with Crippen LogP contribution in [-0.4, -0.2) is 46.0 Å². The average molecular weight is 451 g/mol. The predicted molar refractivity (Wildman–Crippen MR) is 119 cm³/mol. The third kappa shape index (κ3) is 3.42. The molecule has 2 aliphatic heterocycles. The molecule has 0 N–H and O–H groups in total. The maximum absolute atomic E-state index is 14.0. The molecule has 3 aromatic rings. The second-order valence-corrected chi connectivity index (χ2v) is 8.52. The molecule has 0 saturated carbocycles. The molecule has 32 heavy (non-hydrogen) atoms. The summed E-state index contributed by atoms with van der Waals surface area (Å²) >= 11 is 6.44. The van der Waals surface area contributed by atoms with E-state index in [2.05, 4.69) is 15.1 Å². The minimum atomic E-state index is -0.330. The second kappa shape index (κ2) is 7.98. The highest BCUT2D eigenvalue weighted by Crippen LogP contribution is 2.38. The Labute approximate surface area is 189 Å². The van der Waals surface area contributed by atoms with Crippen LogP contribution in [0.4, 0.5) is 10.1 Å². The summed E-state index contributed by atoms with van der Waals surface area (Å²) in [5.74, 6) is -0.796. The molecule has 0 spiro atoms. The first-order valence-electron chi connectivity index (χ1n) is 10.4. The van der Waals surface area contributed by atoms with E-state index in [-0.39, 0.29) is 28.8 Å². The number of piperidine rings is 1. The van der Waals surface area contributed by atoms with E-state index in [1.165, 1.54) is 17.0 Å². The standard InChI is InChI=1S/C24H20ClFN4O2/c1-14-10-15(12-16(26)11-14)20-13-27-28-22(25)21(20)29-8-6-17(7-9-29)30-23(31)18-4-2-3-5-19(18)24(30)32/h2-5,10-13,17H,6-9H2,1H3. The van der Waals surface area contributed by atoms with Gasteiger partial charge in [-0.2, -0.15) is 5.10 Å². The van der Waals surface area contributed by atoms with Crippen LogP contribution >= 0.6 is 11.6 Å². The summed E-state index contributed by atoms with van der Waals surface area (Å²) in [7, 11) is 0. The first-order chi connectivity index (χ1) is 15.4. The molecule has 0 bridgehead atoms. The fourth-order valence-electron chi connectivity index (χ4n) is 4.65. The van der Waals surface area contributed by atoms with Crippen molar-refractivity contribution in [2.45, 2.75) is 25.8 Å². The van der Waals surface area contributed by atoms with Crippen molar-refractivity contribution in [1.82, 2.24) is 15.1 Å². The van der Waals surface area contributed by atoms with Crippen molar-refractivity contribution in [2.24, 2.45) is 0 Å². The Morgan fingerprint density at radius 2 is 1.66 bits per heavy atom. The van der Waals surface area contributed by atoms with Crippen LogP contribution in [0.25, 0.3) is 11.1 Å². The zero-order valence-electron chi connectivity index (χ0n) is 17.4. The Bertz CT molecular complexity index is 1190. The summed E-state index contributed by atoms with van der Waals surface area (Å²) < 4.78 is 14.0. The monoisotopic (exact) mass is 450 g/mol. The first kappa shape index (κ1) is 20.6. The highest BCUT2D eigenvalue weighted by Gasteiger charge is 2.41. The molecule has 0 unspecified atom stereocenters. The van der Waals surface area contributed by atoms with E-state index in [1.807, 2.05) is 13.0 Å². The molecule has 8 heteroatoms. The van der Waals surface area contributed by atoms with Gasteiger partial charge in [0.25, 0.3) is 11.8 Å². The molecule has 2 amide bonds. The number of amides is 2. The number of halogens is 2. The number of hydrogen-bond donors (Lipinski definition) is 0. The molecule has 6 nitrogen and oxygen atoms in total. The van der Waals surface area contributed by atoms with Gasteiger partial charge in [-0.15, -0.1) is 5.10 Å². The molecule has 5 rings (SSSR count). The Hall–Kier alpha value is -3.32. The zero-order valence-corrected chi connectivity index (χ0v) is 18.1. The van der Waals surface area contributed by atoms with Crippen molar-refractivity contribution in [3.63, 3.8) is 0 Å². The molecular formula is C24H20ClFN4O2. The molecule has 1 aromatic heterocycles. The number of anilines is 1. The van der Waals surface area contributed by atoms with E-state index >= 15 is 0 Å². The van der Waals surface area contributed by atoms with Gasteiger partial charge < -0.3 is 4.90 Å². The van der Waals surface area contributed by atoms with Crippen molar-refractivity contribution in [2.75, 3.05) is 18.0 Å². The van der Waals surface area contributed by atoms with Crippen molar-refractivity contribution in [3.8, 4) is 11.1 Å². The van der Waals surface area contributed by atoms with Gasteiger partial charge in [-0.3, -0.25) is 14.5 Å². The molecule has 0 aliphatic carbocycles. The molecule has 2 aliphatic rings. The maximum Gasteiger partial charge on any atom is 0.261 e. The molecular weight excluding hydrogens is 431 g/mol. The summed E-state index contributed by atoms with van der Waals surface area (Å²) in [6, 6.07) is 11.5. The number of fused-ring (bicyclic) bond motifs is 1. The summed E-state index contributed by atoms with van der Waals surface area (Å²) in [5.41, 5.74) is 3.79. The third-order valence-electron chi connectivity index (χ3n) is 6.11. The molecule has 1 saturated heterocycles. The van der Waals surface area contributed by atoms with Gasteiger partial charge in [0.1, 0.15) is 5.82 Å². The number of rotatable bonds is 3. The minimum Gasteiger partial charge on any atom is -0.368 e. The van der Waals surface area contributed by atoms with Crippen LogP contribution in [0.15, 0.2) is 48.7 Å². The Kier molecular flexibility index (Phi) is 5.13. The van der Waals surface area contributed by atoms with Gasteiger partial charge in [0.15, 0.2) is 5.15 Å². The van der Waals surface area contributed by atoms with Crippen molar-refractivity contribution < 1.29 is 14.0 Å². The zero-order chi connectivity index (χ0) is 22.4. The largest absolute Gasteiger partial charge is 0.368 e. The lowest BCUT2D eigenvalue weighted by Crippen LogP contribution is -2.47. The highest BCUT2D eigenvalue weighted by molar-refractivity contribution is 6.32. The lowest BCUT2D eigenvalue weighted by Gasteiger charge is -2.37. The van der Waals surface area contributed by atoms with Crippen LogP contribution < -0.4 is 4.90 Å². The molecule has 0 radical (unpaired) electrons. The predicted octanol–water partition coefficient (Wildman–Crippen LogP) is 4.51. The first-order valence-corrected chi connectivity index (χ1v) is 10.8. The number of carbonyl (C=O) groups is 2. The number of hydrogen-bond acceptors (Lipinski definition) is 5. The SMILES string of the molecule is Cc1cc(F)cc(-c2cnnc(Cl)c2N2CCC(N3C(=O)c4ccccc4C3=O)CC2)c1. The van der Waals surface area contributed by atoms with Gasteiger partial charge in [0, 0.05) is 24.7 Å². The maximum atomic E-state index is 14.0. The summed E-state index contributed by atoms with van der Waals surface area (Å²) in [6.07, 6.45) is 2.79. The van der Waals surface area contributed by atoms with Gasteiger partial charge in [-0.05, 0) is 55.2 Å². The van der Waals surface area contributed by atoms with E-state index in [0.29, 0.717) is 53.9 Å². The second-order valence-electron chi connectivity index (χ2n) is 8.16. The molecule has 0 atom stereocenters. The van der Waals surface area contributed by atoms with Crippen LogP contribution in [0.5, 0.6) is 0 Å². The lowest BCUT2D eigenvalue weighted by molar-refractivity contribution is 0.0561. The van der Waals surface area contributed by atoms with Crippen LogP contribution in [0.2, 0.25) is 5.15 Å². The topological polar surface area (TPSA) is 66.4 Å². The van der Waals surface area contributed by atoms with Gasteiger partial charge in [0.2, 0.25) is 0 Å². The fourth-order valence-corrected chi connectivity index (χ4v) is 4.91. The van der Waals surface area contributed by atoms with Crippen molar-refractivity contribution in [3.05, 3.63) is 76.3 Å². The number of carbonyl (C=O) groups excluding carboxylic acids is 2. The van der Waals surface area contributed by atoms with Gasteiger partial charge in [-0.1, -0.05) is 29.8 Å².